The molecule has 9 N–H and O–H groups in total. The fourth-order valence-electron chi connectivity index (χ4n) is 14.0. The second-order valence-corrected chi connectivity index (χ2v) is 29.3. The highest BCUT2D eigenvalue weighted by Crippen LogP contribution is 2.31. The van der Waals surface area contributed by atoms with Crippen LogP contribution in [-0.4, -0.2) is 140 Å². The summed E-state index contributed by atoms with van der Waals surface area (Å²) in [5.41, 5.74) is 0. The molecule has 12 atom stereocenters. The summed E-state index contributed by atoms with van der Waals surface area (Å²) in [7, 11) is 0. The second-order valence-electron chi connectivity index (χ2n) is 29.3. The zero-order chi connectivity index (χ0) is 68.0. The van der Waals surface area contributed by atoms with E-state index in [1.165, 1.54) is 321 Å². The van der Waals surface area contributed by atoms with Gasteiger partial charge in [-0.05, 0) is 38.5 Å². The Morgan fingerprint density at radius 3 is 1.01 bits per heavy atom. The fourth-order valence-corrected chi connectivity index (χ4v) is 14.0. The third-order valence-corrected chi connectivity index (χ3v) is 20.5. The molecular formula is C80H155NO13. The van der Waals surface area contributed by atoms with Gasteiger partial charge in [0.2, 0.25) is 5.91 Å². The second kappa shape index (κ2) is 65.1. The van der Waals surface area contributed by atoms with Crippen LogP contribution in [-0.2, 0) is 23.7 Å². The molecule has 2 aliphatic heterocycles. The Bertz CT molecular complexity index is 1620. The first-order valence-corrected chi connectivity index (χ1v) is 40.9. The van der Waals surface area contributed by atoms with Crippen LogP contribution in [0.5, 0.6) is 0 Å². The Kier molecular flexibility index (Phi) is 61.5. The van der Waals surface area contributed by atoms with Crippen molar-refractivity contribution in [1.82, 2.24) is 5.32 Å². The van der Waals surface area contributed by atoms with E-state index in [1.807, 2.05) is 0 Å². The van der Waals surface area contributed by atoms with Gasteiger partial charge in [0.25, 0.3) is 0 Å². The number of hydrogen-bond donors (Lipinski definition) is 9. The van der Waals surface area contributed by atoms with Crippen molar-refractivity contribution in [1.29, 1.82) is 0 Å². The molecule has 0 aromatic heterocycles. The summed E-state index contributed by atoms with van der Waals surface area (Å²) >= 11 is 0. The highest BCUT2D eigenvalue weighted by Gasteiger charge is 2.51. The molecule has 14 heteroatoms. The fraction of sp³-hybridized carbons (Fsp3) is 0.963. The van der Waals surface area contributed by atoms with Gasteiger partial charge in [0.1, 0.15) is 48.8 Å². The lowest BCUT2D eigenvalue weighted by molar-refractivity contribution is -0.359. The van der Waals surface area contributed by atoms with Crippen molar-refractivity contribution in [3.8, 4) is 0 Å². The molecule has 12 unspecified atom stereocenters. The molecule has 558 valence electrons. The monoisotopic (exact) mass is 1340 g/mol. The molecule has 0 aromatic rings. The van der Waals surface area contributed by atoms with E-state index in [9.17, 15) is 45.6 Å². The number of carbonyl (C=O) groups excluding carboxylic acids is 1. The first-order valence-electron chi connectivity index (χ1n) is 40.9. The summed E-state index contributed by atoms with van der Waals surface area (Å²) in [5.74, 6) is -0.197. The van der Waals surface area contributed by atoms with Gasteiger partial charge in [0, 0.05) is 6.42 Å². The van der Waals surface area contributed by atoms with Crippen LogP contribution in [0.1, 0.15) is 399 Å². The zero-order valence-electron chi connectivity index (χ0n) is 61.2. The average Bonchev–Trinajstić information content (AvgIpc) is 0.794. The standard InChI is InChI=1S/C80H155NO13/c1-3-5-7-9-11-13-15-17-19-21-23-25-27-29-31-33-34-36-37-39-41-43-45-47-49-51-53-55-57-59-61-63-69(84)68(67-91-79-77(90)75(88)78(71(66-83)93-79)94-80-76(89)74(87)73(86)70(65-82)92-80)81-72(85)64-62-60-58-56-54-52-50-48-46-44-42-40-38-35-32-30-28-26-24-22-20-18-16-14-12-10-8-6-4-2/h22,24,68-71,73-80,82-84,86-90H,3-21,23,25-67H2,1-2H3,(H,81,85)/b24-22-. The van der Waals surface area contributed by atoms with Gasteiger partial charge >= 0.3 is 0 Å². The predicted octanol–water partition coefficient (Wildman–Crippen LogP) is 18.5. The average molecular weight is 1340 g/mol. The van der Waals surface area contributed by atoms with Crippen molar-refractivity contribution in [3.05, 3.63) is 12.2 Å². The van der Waals surface area contributed by atoms with Gasteiger partial charge in [-0.3, -0.25) is 4.79 Å². The first kappa shape index (κ1) is 88.8. The van der Waals surface area contributed by atoms with E-state index < -0.39 is 86.8 Å². The SMILES string of the molecule is CCCCCCCCCC/C=C\CCCCCCCCCCCCCCCCCCCC(=O)NC(COC1OC(CO)C(OC2OC(CO)C(O)C(O)C2O)C(O)C1O)C(O)CCCCCCCCCCCCCCCCCCCCCCCCCCCCCCCCC. The highest BCUT2D eigenvalue weighted by atomic mass is 16.7. The lowest BCUT2D eigenvalue weighted by Gasteiger charge is -2.46. The predicted molar refractivity (Wildman–Crippen MR) is 388 cm³/mol. The summed E-state index contributed by atoms with van der Waals surface area (Å²) in [6.07, 6.45) is 65.4. The Balaban J connectivity index is 1.60. The van der Waals surface area contributed by atoms with E-state index in [0.717, 1.165) is 51.4 Å². The van der Waals surface area contributed by atoms with Crippen LogP contribution >= 0.6 is 0 Å². The van der Waals surface area contributed by atoms with Gasteiger partial charge < -0.3 is 65.1 Å². The quantitative estimate of drug-likeness (QED) is 0.0204. The number of ether oxygens (including phenoxy) is 4. The lowest BCUT2D eigenvalue weighted by Crippen LogP contribution is -2.65. The minimum Gasteiger partial charge on any atom is -0.394 e. The van der Waals surface area contributed by atoms with Gasteiger partial charge in [0.15, 0.2) is 12.6 Å². The van der Waals surface area contributed by atoms with Crippen molar-refractivity contribution in [2.45, 2.75) is 473 Å². The van der Waals surface area contributed by atoms with Gasteiger partial charge in [-0.25, -0.2) is 0 Å². The van der Waals surface area contributed by atoms with E-state index >= 15 is 0 Å². The van der Waals surface area contributed by atoms with Crippen LogP contribution in [0.3, 0.4) is 0 Å². The lowest BCUT2D eigenvalue weighted by atomic mass is 9.97. The summed E-state index contributed by atoms with van der Waals surface area (Å²) in [5, 5.41) is 87.9. The molecule has 2 heterocycles. The topological polar surface area (TPSA) is 228 Å². The number of rotatable bonds is 70. The molecule has 0 spiro atoms. The van der Waals surface area contributed by atoms with Gasteiger partial charge in [-0.2, -0.15) is 0 Å². The minimum absolute atomic E-state index is 0.197. The van der Waals surface area contributed by atoms with Crippen molar-refractivity contribution in [2.75, 3.05) is 19.8 Å². The summed E-state index contributed by atoms with van der Waals surface area (Å²) in [6.45, 7) is 2.94. The third kappa shape index (κ3) is 47.7. The van der Waals surface area contributed by atoms with Gasteiger partial charge in [0.05, 0.1) is 32.0 Å². The number of hydrogen-bond acceptors (Lipinski definition) is 13. The molecule has 0 saturated carbocycles. The Morgan fingerprint density at radius 2 is 0.670 bits per heavy atom. The van der Waals surface area contributed by atoms with Crippen LogP contribution in [0.25, 0.3) is 0 Å². The maximum atomic E-state index is 13.4. The van der Waals surface area contributed by atoms with Crippen LogP contribution in [0, 0.1) is 0 Å². The number of carbonyl (C=O) groups is 1. The molecule has 0 bridgehead atoms. The molecule has 2 rings (SSSR count). The maximum Gasteiger partial charge on any atom is 0.220 e. The normalized spacial score (nSPS) is 22.4. The van der Waals surface area contributed by atoms with E-state index in [-0.39, 0.29) is 12.5 Å². The molecule has 1 amide bonds. The van der Waals surface area contributed by atoms with Gasteiger partial charge in [-0.15, -0.1) is 0 Å². The smallest absolute Gasteiger partial charge is 0.220 e. The zero-order valence-corrected chi connectivity index (χ0v) is 61.2. The molecular weight excluding hydrogens is 1180 g/mol. The molecule has 2 aliphatic rings. The molecule has 2 saturated heterocycles. The van der Waals surface area contributed by atoms with Crippen molar-refractivity contribution < 1.29 is 64.6 Å². The summed E-state index contributed by atoms with van der Waals surface area (Å²) in [6, 6.07) is -0.827. The summed E-state index contributed by atoms with van der Waals surface area (Å²) < 4.78 is 23.0. The molecule has 2 fully saturated rings. The third-order valence-electron chi connectivity index (χ3n) is 20.5. The Morgan fingerprint density at radius 1 is 0.372 bits per heavy atom. The number of nitrogens with one attached hydrogen (secondary N) is 1. The largest absolute Gasteiger partial charge is 0.394 e. The number of allylic oxidation sites excluding steroid dienone is 2. The molecule has 0 aromatic carbocycles. The maximum absolute atomic E-state index is 13.4. The molecule has 94 heavy (non-hydrogen) atoms. The summed E-state index contributed by atoms with van der Waals surface area (Å²) in [4.78, 5) is 13.4. The van der Waals surface area contributed by atoms with E-state index in [0.29, 0.717) is 12.8 Å². The molecule has 0 radical (unpaired) electrons. The van der Waals surface area contributed by atoms with Crippen molar-refractivity contribution in [3.63, 3.8) is 0 Å². The highest BCUT2D eigenvalue weighted by molar-refractivity contribution is 5.76. The van der Waals surface area contributed by atoms with Crippen LogP contribution < -0.4 is 5.32 Å². The van der Waals surface area contributed by atoms with Gasteiger partial charge in [-0.1, -0.05) is 366 Å². The molecule has 14 nitrogen and oxygen atoms in total. The van der Waals surface area contributed by atoms with E-state index in [4.69, 9.17) is 18.9 Å². The number of aliphatic hydroxyl groups is 8. The minimum atomic E-state index is -1.78. The number of aliphatic hydroxyl groups excluding tert-OH is 8. The van der Waals surface area contributed by atoms with Crippen molar-refractivity contribution in [2.24, 2.45) is 0 Å². The Hall–Kier alpha value is -1.27. The van der Waals surface area contributed by atoms with Crippen LogP contribution in [0.2, 0.25) is 0 Å². The number of unbranched alkanes of at least 4 members (excludes halogenated alkanes) is 55. The first-order chi connectivity index (χ1) is 46.1. The number of amides is 1. The van der Waals surface area contributed by atoms with Crippen molar-refractivity contribution >= 4 is 5.91 Å². The van der Waals surface area contributed by atoms with E-state index in [2.05, 4.69) is 31.3 Å². The van der Waals surface area contributed by atoms with E-state index in [1.54, 1.807) is 0 Å². The van der Waals surface area contributed by atoms with Crippen LogP contribution in [0.15, 0.2) is 12.2 Å². The molecule has 0 aliphatic carbocycles. The Labute approximate surface area is 577 Å². The van der Waals surface area contributed by atoms with Crippen LogP contribution in [0.4, 0.5) is 0 Å².